The molecule has 0 aliphatic heterocycles. The van der Waals surface area contributed by atoms with Crippen LogP contribution in [0.3, 0.4) is 0 Å². The van der Waals surface area contributed by atoms with Crippen LogP contribution in [-0.4, -0.2) is 5.91 Å². The van der Waals surface area contributed by atoms with Gasteiger partial charge in [0.25, 0.3) is 0 Å². The molecule has 3 N–H and O–H groups in total. The zero-order chi connectivity index (χ0) is 15.6. The van der Waals surface area contributed by atoms with Crippen LogP contribution in [0.2, 0.25) is 0 Å². The number of aryl methyl sites for hydroxylation is 1. The number of hydrogen-bond donors (Lipinski definition) is 2. The number of nitrogens with one attached hydrogen (secondary N) is 1. The molecule has 3 nitrogen and oxygen atoms in total. The monoisotopic (exact) mass is 350 g/mol. The highest BCUT2D eigenvalue weighted by Crippen LogP contribution is 2.26. The van der Waals surface area contributed by atoms with Crippen LogP contribution < -0.4 is 11.1 Å². The van der Waals surface area contributed by atoms with E-state index in [1.807, 2.05) is 12.1 Å². The van der Waals surface area contributed by atoms with E-state index in [0.29, 0.717) is 21.4 Å². The molecule has 110 valence electrons. The zero-order valence-electron chi connectivity index (χ0n) is 11.8. The highest BCUT2D eigenvalue weighted by atomic mass is 79.9. The molecule has 21 heavy (non-hydrogen) atoms. The van der Waals surface area contributed by atoms with E-state index in [9.17, 15) is 9.18 Å². The fourth-order valence-electron chi connectivity index (χ4n) is 2.00. The van der Waals surface area contributed by atoms with Gasteiger partial charge in [-0.25, -0.2) is 4.39 Å². The average molecular weight is 351 g/mol. The van der Waals surface area contributed by atoms with Gasteiger partial charge in [-0.15, -0.1) is 0 Å². The predicted octanol–water partition coefficient (Wildman–Crippen LogP) is 4.22. The summed E-state index contributed by atoms with van der Waals surface area (Å²) in [5, 5.41) is 2.82. The molecule has 0 spiro atoms. The van der Waals surface area contributed by atoms with Crippen molar-refractivity contribution in [2.24, 2.45) is 0 Å². The first-order valence-corrected chi connectivity index (χ1v) is 7.29. The number of hydrogen-bond acceptors (Lipinski definition) is 2. The summed E-state index contributed by atoms with van der Waals surface area (Å²) in [5.74, 6) is -0.867. The van der Waals surface area contributed by atoms with Crippen molar-refractivity contribution < 1.29 is 9.18 Å². The van der Waals surface area contributed by atoms with Crippen molar-refractivity contribution in [3.8, 4) is 0 Å². The van der Waals surface area contributed by atoms with Crippen LogP contribution in [-0.2, 0) is 4.79 Å². The molecule has 1 unspecified atom stereocenters. The number of halogens is 2. The molecule has 0 radical (unpaired) electrons. The van der Waals surface area contributed by atoms with E-state index in [1.165, 1.54) is 6.07 Å². The number of rotatable bonds is 3. The van der Waals surface area contributed by atoms with Gasteiger partial charge in [0, 0.05) is 11.4 Å². The zero-order valence-corrected chi connectivity index (χ0v) is 13.4. The Balaban J connectivity index is 2.20. The van der Waals surface area contributed by atoms with Crippen molar-refractivity contribution in [3.63, 3.8) is 0 Å². The predicted molar refractivity (Wildman–Crippen MR) is 86.7 cm³/mol. The lowest BCUT2D eigenvalue weighted by molar-refractivity contribution is -0.117. The second-order valence-corrected chi connectivity index (χ2v) is 5.82. The Morgan fingerprint density at radius 2 is 2.05 bits per heavy atom. The first kappa shape index (κ1) is 15.5. The first-order chi connectivity index (χ1) is 9.88. The van der Waals surface area contributed by atoms with Crippen LogP contribution in [0.5, 0.6) is 0 Å². The molecule has 0 aromatic heterocycles. The molecular weight excluding hydrogens is 335 g/mol. The quantitative estimate of drug-likeness (QED) is 0.814. The van der Waals surface area contributed by atoms with Gasteiger partial charge in [0.2, 0.25) is 5.91 Å². The van der Waals surface area contributed by atoms with E-state index in [1.54, 1.807) is 32.0 Å². The van der Waals surface area contributed by atoms with Gasteiger partial charge in [-0.2, -0.15) is 0 Å². The van der Waals surface area contributed by atoms with Crippen molar-refractivity contribution >= 4 is 33.2 Å². The molecule has 2 aromatic carbocycles. The highest BCUT2D eigenvalue weighted by molar-refractivity contribution is 9.10. The number of nitrogen functional groups attached to an aromatic ring is 1. The Hall–Kier alpha value is -1.88. The molecule has 1 atom stereocenters. The molecule has 0 fully saturated rings. The van der Waals surface area contributed by atoms with Crippen molar-refractivity contribution in [2.75, 3.05) is 11.1 Å². The lowest BCUT2D eigenvalue weighted by Crippen LogP contribution is -2.19. The second-order valence-electron chi connectivity index (χ2n) is 4.96. The van der Waals surface area contributed by atoms with E-state index >= 15 is 0 Å². The maximum absolute atomic E-state index is 13.4. The third-order valence-corrected chi connectivity index (χ3v) is 3.94. The van der Waals surface area contributed by atoms with E-state index in [0.717, 1.165) is 5.56 Å². The van der Waals surface area contributed by atoms with Crippen LogP contribution in [0.4, 0.5) is 15.8 Å². The minimum atomic E-state index is -0.352. The summed E-state index contributed by atoms with van der Waals surface area (Å²) in [6, 6.07) is 10.2. The molecule has 0 heterocycles. The van der Waals surface area contributed by atoms with Gasteiger partial charge >= 0.3 is 0 Å². The number of carbonyl (C=O) groups excluding carboxylic acids is 1. The summed E-state index contributed by atoms with van der Waals surface area (Å²) >= 11 is 3.12. The van der Waals surface area contributed by atoms with E-state index in [4.69, 9.17) is 5.73 Å². The van der Waals surface area contributed by atoms with Gasteiger partial charge in [-0.05, 0) is 65.2 Å². The number of anilines is 2. The maximum atomic E-state index is 13.4. The summed E-state index contributed by atoms with van der Waals surface area (Å²) in [5.41, 5.74) is 8.45. The van der Waals surface area contributed by atoms with E-state index < -0.39 is 0 Å². The second kappa shape index (κ2) is 6.26. The van der Waals surface area contributed by atoms with Crippen LogP contribution in [0, 0.1) is 12.7 Å². The molecule has 5 heteroatoms. The fourth-order valence-corrected chi connectivity index (χ4v) is 2.35. The van der Waals surface area contributed by atoms with Gasteiger partial charge < -0.3 is 11.1 Å². The summed E-state index contributed by atoms with van der Waals surface area (Å²) in [6.45, 7) is 3.55. The average Bonchev–Trinajstić information content (AvgIpc) is 2.43. The lowest BCUT2D eigenvalue weighted by atomic mass is 9.99. The largest absolute Gasteiger partial charge is 0.399 e. The molecule has 2 aromatic rings. The Labute approximate surface area is 131 Å². The van der Waals surface area contributed by atoms with Crippen LogP contribution in [0.15, 0.2) is 40.9 Å². The van der Waals surface area contributed by atoms with E-state index in [2.05, 4.69) is 21.2 Å². The van der Waals surface area contributed by atoms with Gasteiger partial charge in [-0.1, -0.05) is 12.1 Å². The molecular formula is C16H16BrFN2O. The summed E-state index contributed by atoms with van der Waals surface area (Å²) in [7, 11) is 0. The Bertz CT molecular complexity index is 688. The fraction of sp³-hybridized carbons (Fsp3) is 0.188. The van der Waals surface area contributed by atoms with E-state index in [-0.39, 0.29) is 17.6 Å². The van der Waals surface area contributed by atoms with Crippen molar-refractivity contribution in [2.45, 2.75) is 19.8 Å². The number of nitrogens with two attached hydrogens (primary N) is 1. The molecule has 0 saturated heterocycles. The Morgan fingerprint density at radius 1 is 1.33 bits per heavy atom. The number of amides is 1. The molecule has 2 rings (SSSR count). The Morgan fingerprint density at radius 3 is 2.71 bits per heavy atom. The van der Waals surface area contributed by atoms with Crippen molar-refractivity contribution in [3.05, 3.63) is 57.8 Å². The molecule has 0 aliphatic carbocycles. The highest BCUT2D eigenvalue weighted by Gasteiger charge is 2.17. The van der Waals surface area contributed by atoms with Gasteiger partial charge in [-0.3, -0.25) is 4.79 Å². The molecule has 0 saturated carbocycles. The number of benzene rings is 2. The summed E-state index contributed by atoms with van der Waals surface area (Å²) < 4.78 is 13.7. The van der Waals surface area contributed by atoms with Crippen molar-refractivity contribution in [1.82, 2.24) is 0 Å². The first-order valence-electron chi connectivity index (χ1n) is 6.50. The molecule has 0 bridgehead atoms. The van der Waals surface area contributed by atoms with Crippen LogP contribution in [0.1, 0.15) is 24.0 Å². The third-order valence-electron chi connectivity index (χ3n) is 3.33. The topological polar surface area (TPSA) is 55.1 Å². The minimum Gasteiger partial charge on any atom is -0.399 e. The molecule has 0 aliphatic rings. The summed E-state index contributed by atoms with van der Waals surface area (Å²) in [6.07, 6.45) is 0. The van der Waals surface area contributed by atoms with Gasteiger partial charge in [0.05, 0.1) is 10.4 Å². The lowest BCUT2D eigenvalue weighted by Gasteiger charge is -2.15. The maximum Gasteiger partial charge on any atom is 0.231 e. The smallest absolute Gasteiger partial charge is 0.231 e. The van der Waals surface area contributed by atoms with Crippen LogP contribution >= 0.6 is 15.9 Å². The normalized spacial score (nSPS) is 12.0. The summed E-state index contributed by atoms with van der Waals surface area (Å²) in [4.78, 5) is 12.3. The SMILES string of the molecule is Cc1cc(F)c(Br)cc1NC(=O)C(C)c1cccc(N)c1. The number of carbonyl (C=O) groups is 1. The van der Waals surface area contributed by atoms with Gasteiger partial charge in [0.1, 0.15) is 5.82 Å². The minimum absolute atomic E-state index is 0.165. The Kier molecular flexibility index (Phi) is 4.63. The van der Waals surface area contributed by atoms with Gasteiger partial charge in [0.15, 0.2) is 0 Å². The van der Waals surface area contributed by atoms with Crippen molar-refractivity contribution in [1.29, 1.82) is 0 Å². The standard InChI is InChI=1S/C16H16BrFN2O/c1-9-6-14(18)13(17)8-15(9)20-16(21)10(2)11-4-3-5-12(19)7-11/h3-8,10H,19H2,1-2H3,(H,20,21). The molecule has 1 amide bonds. The third kappa shape index (κ3) is 3.61. The van der Waals surface area contributed by atoms with Crippen LogP contribution in [0.25, 0.3) is 0 Å².